The van der Waals surface area contributed by atoms with Crippen LogP contribution in [0.3, 0.4) is 0 Å². The monoisotopic (exact) mass is 231 g/mol. The molecule has 2 rings (SSSR count). The van der Waals surface area contributed by atoms with Gasteiger partial charge in [-0.25, -0.2) is 14.4 Å². The SMILES string of the molecule is Cc1nc(Cc2ccccc2F)ncc1CN. The molecule has 0 fully saturated rings. The smallest absolute Gasteiger partial charge is 0.133 e. The molecule has 0 aliphatic carbocycles. The van der Waals surface area contributed by atoms with Gasteiger partial charge in [-0.2, -0.15) is 0 Å². The molecule has 1 heterocycles. The Morgan fingerprint density at radius 3 is 2.65 bits per heavy atom. The summed E-state index contributed by atoms with van der Waals surface area (Å²) >= 11 is 0. The predicted molar refractivity (Wildman–Crippen MR) is 63.9 cm³/mol. The van der Waals surface area contributed by atoms with Crippen molar-refractivity contribution in [1.82, 2.24) is 9.97 Å². The third-order valence-electron chi connectivity index (χ3n) is 2.66. The van der Waals surface area contributed by atoms with Crippen molar-refractivity contribution in [2.45, 2.75) is 19.9 Å². The highest BCUT2D eigenvalue weighted by molar-refractivity contribution is 5.23. The minimum Gasteiger partial charge on any atom is -0.326 e. The zero-order valence-corrected chi connectivity index (χ0v) is 9.65. The van der Waals surface area contributed by atoms with Crippen LogP contribution in [0.25, 0.3) is 0 Å². The van der Waals surface area contributed by atoms with E-state index >= 15 is 0 Å². The maximum atomic E-state index is 13.4. The van der Waals surface area contributed by atoms with E-state index in [-0.39, 0.29) is 5.82 Å². The van der Waals surface area contributed by atoms with Crippen LogP contribution in [0.2, 0.25) is 0 Å². The molecular weight excluding hydrogens is 217 g/mol. The van der Waals surface area contributed by atoms with Gasteiger partial charge in [0, 0.05) is 30.4 Å². The molecule has 0 aliphatic heterocycles. The number of benzene rings is 1. The van der Waals surface area contributed by atoms with Gasteiger partial charge in [-0.15, -0.1) is 0 Å². The van der Waals surface area contributed by atoms with E-state index in [9.17, 15) is 4.39 Å². The van der Waals surface area contributed by atoms with Crippen LogP contribution in [0.1, 0.15) is 22.6 Å². The highest BCUT2D eigenvalue weighted by Gasteiger charge is 2.06. The molecule has 3 nitrogen and oxygen atoms in total. The van der Waals surface area contributed by atoms with Gasteiger partial charge in [0.1, 0.15) is 11.6 Å². The van der Waals surface area contributed by atoms with Crippen LogP contribution in [-0.4, -0.2) is 9.97 Å². The number of hydrogen-bond donors (Lipinski definition) is 1. The lowest BCUT2D eigenvalue weighted by atomic mass is 10.1. The molecule has 0 bridgehead atoms. The molecule has 0 saturated carbocycles. The topological polar surface area (TPSA) is 51.8 Å². The minimum atomic E-state index is -0.225. The van der Waals surface area contributed by atoms with Crippen molar-refractivity contribution in [2.24, 2.45) is 5.73 Å². The van der Waals surface area contributed by atoms with Crippen LogP contribution in [-0.2, 0) is 13.0 Å². The summed E-state index contributed by atoms with van der Waals surface area (Å²) in [6.07, 6.45) is 2.11. The quantitative estimate of drug-likeness (QED) is 0.878. The van der Waals surface area contributed by atoms with E-state index in [1.807, 2.05) is 6.92 Å². The minimum absolute atomic E-state index is 0.225. The van der Waals surface area contributed by atoms with E-state index in [2.05, 4.69) is 9.97 Å². The maximum absolute atomic E-state index is 13.4. The van der Waals surface area contributed by atoms with Gasteiger partial charge in [0.2, 0.25) is 0 Å². The van der Waals surface area contributed by atoms with Gasteiger partial charge < -0.3 is 5.73 Å². The van der Waals surface area contributed by atoms with Gasteiger partial charge >= 0.3 is 0 Å². The van der Waals surface area contributed by atoms with Gasteiger partial charge in [-0.1, -0.05) is 18.2 Å². The van der Waals surface area contributed by atoms with Crippen molar-refractivity contribution in [3.05, 3.63) is 58.9 Å². The normalized spacial score (nSPS) is 10.5. The van der Waals surface area contributed by atoms with Crippen molar-refractivity contribution >= 4 is 0 Å². The first-order chi connectivity index (χ1) is 8.20. The van der Waals surface area contributed by atoms with E-state index in [4.69, 9.17) is 5.73 Å². The van der Waals surface area contributed by atoms with Gasteiger partial charge in [0.15, 0.2) is 0 Å². The Morgan fingerprint density at radius 2 is 2.00 bits per heavy atom. The molecule has 2 aromatic rings. The van der Waals surface area contributed by atoms with Crippen molar-refractivity contribution in [2.75, 3.05) is 0 Å². The van der Waals surface area contributed by atoms with Gasteiger partial charge in [-0.05, 0) is 18.6 Å². The number of aromatic nitrogens is 2. The van der Waals surface area contributed by atoms with E-state index in [1.165, 1.54) is 6.07 Å². The molecule has 0 atom stereocenters. The lowest BCUT2D eigenvalue weighted by Gasteiger charge is -2.05. The fourth-order valence-electron chi connectivity index (χ4n) is 1.64. The Balaban J connectivity index is 2.25. The second-order valence-electron chi connectivity index (χ2n) is 3.87. The van der Waals surface area contributed by atoms with Crippen molar-refractivity contribution < 1.29 is 4.39 Å². The predicted octanol–water partition coefficient (Wildman–Crippen LogP) is 1.97. The first-order valence-corrected chi connectivity index (χ1v) is 5.45. The Morgan fingerprint density at radius 1 is 1.24 bits per heavy atom. The number of halogens is 1. The van der Waals surface area contributed by atoms with E-state index in [0.29, 0.717) is 24.4 Å². The number of nitrogens with two attached hydrogens (primary N) is 1. The molecule has 0 spiro atoms. The lowest BCUT2D eigenvalue weighted by molar-refractivity contribution is 0.612. The summed E-state index contributed by atoms with van der Waals surface area (Å²) in [4.78, 5) is 8.51. The fraction of sp³-hybridized carbons (Fsp3) is 0.231. The molecule has 2 N–H and O–H groups in total. The third kappa shape index (κ3) is 2.65. The molecule has 0 saturated heterocycles. The summed E-state index contributed by atoms with van der Waals surface area (Å²) in [5.74, 6) is 0.390. The Kier molecular flexibility index (Phi) is 3.44. The number of nitrogens with zero attached hydrogens (tertiary/aromatic N) is 2. The lowest BCUT2D eigenvalue weighted by Crippen LogP contribution is -2.06. The summed E-state index contributed by atoms with van der Waals surface area (Å²) in [7, 11) is 0. The highest BCUT2D eigenvalue weighted by atomic mass is 19.1. The van der Waals surface area contributed by atoms with Crippen molar-refractivity contribution in [3.8, 4) is 0 Å². The Hall–Kier alpha value is -1.81. The average molecular weight is 231 g/mol. The Labute approximate surface area is 99.5 Å². The van der Waals surface area contributed by atoms with Crippen LogP contribution < -0.4 is 5.73 Å². The van der Waals surface area contributed by atoms with Crippen molar-refractivity contribution in [1.29, 1.82) is 0 Å². The molecule has 1 aromatic heterocycles. The van der Waals surface area contributed by atoms with Gasteiger partial charge in [0.05, 0.1) is 0 Å². The second kappa shape index (κ2) is 5.01. The van der Waals surface area contributed by atoms with Crippen LogP contribution in [0, 0.1) is 12.7 Å². The fourth-order valence-corrected chi connectivity index (χ4v) is 1.64. The number of rotatable bonds is 3. The molecule has 17 heavy (non-hydrogen) atoms. The van der Waals surface area contributed by atoms with E-state index in [1.54, 1.807) is 24.4 Å². The third-order valence-corrected chi connectivity index (χ3v) is 2.66. The number of aryl methyl sites for hydroxylation is 1. The van der Waals surface area contributed by atoms with Crippen LogP contribution >= 0.6 is 0 Å². The zero-order chi connectivity index (χ0) is 12.3. The standard InChI is InChI=1S/C13H14FN3/c1-9-11(7-15)8-16-13(17-9)6-10-4-2-3-5-12(10)14/h2-5,8H,6-7,15H2,1H3. The van der Waals surface area contributed by atoms with E-state index in [0.717, 1.165) is 11.3 Å². The molecule has 0 radical (unpaired) electrons. The molecule has 0 aliphatic rings. The number of hydrogen-bond acceptors (Lipinski definition) is 3. The maximum Gasteiger partial charge on any atom is 0.133 e. The van der Waals surface area contributed by atoms with Gasteiger partial charge in [0.25, 0.3) is 0 Å². The highest BCUT2D eigenvalue weighted by Crippen LogP contribution is 2.11. The Bertz CT molecular complexity index is 526. The summed E-state index contributed by atoms with van der Waals surface area (Å²) in [6, 6.07) is 6.66. The summed E-state index contributed by atoms with van der Waals surface area (Å²) in [6.45, 7) is 2.31. The largest absolute Gasteiger partial charge is 0.326 e. The first-order valence-electron chi connectivity index (χ1n) is 5.45. The van der Waals surface area contributed by atoms with E-state index < -0.39 is 0 Å². The van der Waals surface area contributed by atoms with Crippen LogP contribution in [0.15, 0.2) is 30.5 Å². The van der Waals surface area contributed by atoms with Crippen LogP contribution in [0.5, 0.6) is 0 Å². The van der Waals surface area contributed by atoms with Gasteiger partial charge in [-0.3, -0.25) is 0 Å². The van der Waals surface area contributed by atoms with Crippen molar-refractivity contribution in [3.63, 3.8) is 0 Å². The van der Waals surface area contributed by atoms with Crippen LogP contribution in [0.4, 0.5) is 4.39 Å². The molecular formula is C13H14FN3. The summed E-state index contributed by atoms with van der Waals surface area (Å²) < 4.78 is 13.4. The molecule has 0 unspecified atom stereocenters. The molecule has 4 heteroatoms. The molecule has 88 valence electrons. The second-order valence-corrected chi connectivity index (χ2v) is 3.87. The molecule has 0 amide bonds. The first kappa shape index (κ1) is 11.7. The average Bonchev–Trinajstić information content (AvgIpc) is 2.32. The summed E-state index contributed by atoms with van der Waals surface area (Å²) in [5, 5.41) is 0. The molecule has 1 aromatic carbocycles. The summed E-state index contributed by atoms with van der Waals surface area (Å²) in [5.41, 5.74) is 7.92. The zero-order valence-electron chi connectivity index (χ0n) is 9.65.